The van der Waals surface area contributed by atoms with Gasteiger partial charge in [0.2, 0.25) is 5.91 Å². The molecule has 110 valence electrons. The SMILES string of the molecule is O=C(CCNCc1ccc(Br)cc1Cl)N1CCCCC1. The molecule has 0 atom stereocenters. The highest BCUT2D eigenvalue weighted by molar-refractivity contribution is 9.10. The second-order valence-corrected chi connectivity index (χ2v) is 6.43. The Labute approximate surface area is 133 Å². The van der Waals surface area contributed by atoms with E-state index in [1.165, 1.54) is 6.42 Å². The van der Waals surface area contributed by atoms with E-state index in [9.17, 15) is 4.79 Å². The Morgan fingerprint density at radius 3 is 2.75 bits per heavy atom. The van der Waals surface area contributed by atoms with Crippen molar-refractivity contribution in [3.8, 4) is 0 Å². The van der Waals surface area contributed by atoms with Crippen LogP contribution >= 0.6 is 27.5 Å². The molecule has 1 N–H and O–H groups in total. The fourth-order valence-electron chi connectivity index (χ4n) is 2.38. The van der Waals surface area contributed by atoms with Crippen molar-refractivity contribution in [3.63, 3.8) is 0 Å². The second-order valence-electron chi connectivity index (χ2n) is 5.10. The molecule has 1 aromatic carbocycles. The fourth-order valence-corrected chi connectivity index (χ4v) is 3.13. The quantitative estimate of drug-likeness (QED) is 0.815. The summed E-state index contributed by atoms with van der Waals surface area (Å²) < 4.78 is 0.978. The van der Waals surface area contributed by atoms with Gasteiger partial charge in [-0.3, -0.25) is 4.79 Å². The number of rotatable bonds is 5. The normalized spacial score (nSPS) is 15.4. The zero-order valence-corrected chi connectivity index (χ0v) is 13.8. The van der Waals surface area contributed by atoms with Gasteiger partial charge in [-0.05, 0) is 37.0 Å². The first kappa shape index (κ1) is 15.8. The Morgan fingerprint density at radius 2 is 2.05 bits per heavy atom. The van der Waals surface area contributed by atoms with Gasteiger partial charge in [-0.15, -0.1) is 0 Å². The standard InChI is InChI=1S/C15H20BrClN2O/c16-13-5-4-12(14(17)10-13)11-18-7-6-15(20)19-8-2-1-3-9-19/h4-5,10,18H,1-3,6-9,11H2. The monoisotopic (exact) mass is 358 g/mol. The van der Waals surface area contributed by atoms with Gasteiger partial charge in [0.15, 0.2) is 0 Å². The number of nitrogens with zero attached hydrogens (tertiary/aromatic N) is 1. The molecule has 1 aliphatic rings. The van der Waals surface area contributed by atoms with Crippen molar-refractivity contribution in [2.45, 2.75) is 32.2 Å². The predicted octanol–water partition coefficient (Wildman–Crippen LogP) is 3.59. The third-order valence-corrected chi connectivity index (χ3v) is 4.40. The molecular formula is C15H20BrClN2O. The van der Waals surface area contributed by atoms with E-state index in [0.717, 1.165) is 41.0 Å². The molecule has 1 aliphatic heterocycles. The van der Waals surface area contributed by atoms with E-state index >= 15 is 0 Å². The van der Waals surface area contributed by atoms with Crippen molar-refractivity contribution >= 4 is 33.4 Å². The van der Waals surface area contributed by atoms with Gasteiger partial charge in [0.1, 0.15) is 0 Å². The zero-order valence-electron chi connectivity index (χ0n) is 11.5. The molecule has 0 saturated carbocycles. The molecule has 1 fully saturated rings. The highest BCUT2D eigenvalue weighted by Gasteiger charge is 2.15. The first-order chi connectivity index (χ1) is 9.66. The van der Waals surface area contributed by atoms with Gasteiger partial charge in [0.25, 0.3) is 0 Å². The van der Waals surface area contributed by atoms with E-state index < -0.39 is 0 Å². The summed E-state index contributed by atoms with van der Waals surface area (Å²) in [7, 11) is 0. The summed E-state index contributed by atoms with van der Waals surface area (Å²) in [5, 5.41) is 4.03. The van der Waals surface area contributed by atoms with Crippen LogP contribution < -0.4 is 5.32 Å². The van der Waals surface area contributed by atoms with Gasteiger partial charge in [0.05, 0.1) is 0 Å². The van der Waals surface area contributed by atoms with Crippen molar-refractivity contribution in [3.05, 3.63) is 33.3 Å². The Morgan fingerprint density at radius 1 is 1.30 bits per heavy atom. The number of carbonyl (C=O) groups excluding carboxylic acids is 1. The predicted molar refractivity (Wildman–Crippen MR) is 85.9 cm³/mol. The Kier molecular flexibility index (Phi) is 6.33. The molecule has 0 spiro atoms. The second kappa shape index (κ2) is 8.01. The molecular weight excluding hydrogens is 340 g/mol. The Hall–Kier alpha value is -0.580. The summed E-state index contributed by atoms with van der Waals surface area (Å²) >= 11 is 9.53. The first-order valence-corrected chi connectivity index (χ1v) is 8.26. The Bertz CT molecular complexity index is 461. The van der Waals surface area contributed by atoms with Crippen molar-refractivity contribution in [2.75, 3.05) is 19.6 Å². The van der Waals surface area contributed by atoms with E-state index in [0.29, 0.717) is 19.5 Å². The van der Waals surface area contributed by atoms with Gasteiger partial charge in [-0.25, -0.2) is 0 Å². The molecule has 1 saturated heterocycles. The minimum atomic E-state index is 0.263. The number of carbonyl (C=O) groups is 1. The van der Waals surface area contributed by atoms with Crippen molar-refractivity contribution < 1.29 is 4.79 Å². The van der Waals surface area contributed by atoms with E-state index in [4.69, 9.17) is 11.6 Å². The van der Waals surface area contributed by atoms with Gasteiger partial charge in [-0.2, -0.15) is 0 Å². The zero-order chi connectivity index (χ0) is 14.4. The van der Waals surface area contributed by atoms with Crippen LogP contribution in [0.3, 0.4) is 0 Å². The molecule has 20 heavy (non-hydrogen) atoms. The van der Waals surface area contributed by atoms with Gasteiger partial charge < -0.3 is 10.2 Å². The average Bonchev–Trinajstić information content (AvgIpc) is 2.46. The van der Waals surface area contributed by atoms with Gasteiger partial charge in [0, 0.05) is 42.1 Å². The number of hydrogen-bond acceptors (Lipinski definition) is 2. The average molecular weight is 360 g/mol. The molecule has 1 heterocycles. The number of amides is 1. The minimum absolute atomic E-state index is 0.263. The minimum Gasteiger partial charge on any atom is -0.343 e. The molecule has 2 rings (SSSR count). The first-order valence-electron chi connectivity index (χ1n) is 7.09. The fraction of sp³-hybridized carbons (Fsp3) is 0.533. The van der Waals surface area contributed by atoms with Crippen molar-refractivity contribution in [1.82, 2.24) is 10.2 Å². The van der Waals surface area contributed by atoms with Crippen LogP contribution in [0.2, 0.25) is 5.02 Å². The lowest BCUT2D eigenvalue weighted by atomic mass is 10.1. The summed E-state index contributed by atoms with van der Waals surface area (Å²) in [6.45, 7) is 3.25. The number of hydrogen-bond donors (Lipinski definition) is 1. The van der Waals surface area contributed by atoms with Crippen LogP contribution in [0.5, 0.6) is 0 Å². The van der Waals surface area contributed by atoms with Crippen molar-refractivity contribution in [1.29, 1.82) is 0 Å². The summed E-state index contributed by atoms with van der Waals surface area (Å²) in [4.78, 5) is 14.0. The largest absolute Gasteiger partial charge is 0.343 e. The van der Waals surface area contributed by atoms with Gasteiger partial charge >= 0.3 is 0 Å². The van der Waals surface area contributed by atoms with Crippen LogP contribution in [0.4, 0.5) is 0 Å². The molecule has 1 amide bonds. The van der Waals surface area contributed by atoms with Crippen LogP contribution in [-0.4, -0.2) is 30.4 Å². The van der Waals surface area contributed by atoms with E-state index in [2.05, 4.69) is 21.2 Å². The smallest absolute Gasteiger partial charge is 0.223 e. The van der Waals surface area contributed by atoms with Gasteiger partial charge in [-0.1, -0.05) is 33.6 Å². The van der Waals surface area contributed by atoms with Crippen molar-refractivity contribution in [2.24, 2.45) is 0 Å². The lowest BCUT2D eigenvalue weighted by molar-refractivity contribution is -0.131. The third-order valence-electron chi connectivity index (χ3n) is 3.55. The molecule has 0 aromatic heterocycles. The van der Waals surface area contributed by atoms with E-state index in [1.54, 1.807) is 0 Å². The number of benzene rings is 1. The Balaban J connectivity index is 1.69. The molecule has 5 heteroatoms. The summed E-state index contributed by atoms with van der Waals surface area (Å²) in [6, 6.07) is 5.85. The molecule has 0 unspecified atom stereocenters. The van der Waals surface area contributed by atoms with Crippen LogP contribution in [0.25, 0.3) is 0 Å². The summed E-state index contributed by atoms with van der Waals surface area (Å²) in [6.07, 6.45) is 4.11. The number of piperidine rings is 1. The lowest BCUT2D eigenvalue weighted by Crippen LogP contribution is -2.37. The molecule has 0 bridgehead atoms. The maximum atomic E-state index is 12.0. The molecule has 3 nitrogen and oxygen atoms in total. The number of likely N-dealkylation sites (tertiary alicyclic amines) is 1. The maximum absolute atomic E-state index is 12.0. The van der Waals surface area contributed by atoms with Crippen LogP contribution in [0.15, 0.2) is 22.7 Å². The number of nitrogens with one attached hydrogen (secondary N) is 1. The molecule has 1 aromatic rings. The highest BCUT2D eigenvalue weighted by Crippen LogP contribution is 2.21. The molecule has 0 aliphatic carbocycles. The highest BCUT2D eigenvalue weighted by atomic mass is 79.9. The number of halogens is 2. The van der Waals surface area contributed by atoms with E-state index in [-0.39, 0.29) is 5.91 Å². The maximum Gasteiger partial charge on any atom is 0.223 e. The van der Waals surface area contributed by atoms with Crippen LogP contribution in [0, 0.1) is 0 Å². The van der Waals surface area contributed by atoms with Crippen LogP contribution in [0.1, 0.15) is 31.2 Å². The summed E-state index contributed by atoms with van der Waals surface area (Å²) in [5.74, 6) is 0.263. The molecule has 0 radical (unpaired) electrons. The van der Waals surface area contributed by atoms with Crippen LogP contribution in [-0.2, 0) is 11.3 Å². The summed E-state index contributed by atoms with van der Waals surface area (Å²) in [5.41, 5.74) is 1.06. The third kappa shape index (κ3) is 4.76. The van der Waals surface area contributed by atoms with E-state index in [1.807, 2.05) is 23.1 Å². The lowest BCUT2D eigenvalue weighted by Gasteiger charge is -2.26. The topological polar surface area (TPSA) is 32.3 Å².